The number of ether oxygens (including phenoxy) is 2. The first-order valence-electron chi connectivity index (χ1n) is 11.2. The first-order chi connectivity index (χ1) is 17.0. The molecule has 0 saturated carbocycles. The lowest BCUT2D eigenvalue weighted by atomic mass is 9.98. The Kier molecular flexibility index (Phi) is 6.47. The number of carbonyl (C=O) groups excluding carboxylic acids is 2. The Hall–Kier alpha value is -3.76. The van der Waals surface area contributed by atoms with Crippen molar-refractivity contribution >= 4 is 34.4 Å². The number of nitrogens with one attached hydrogen (secondary N) is 1. The summed E-state index contributed by atoms with van der Waals surface area (Å²) in [5, 5.41) is 13.5. The lowest BCUT2D eigenvalue weighted by Gasteiger charge is -2.34. The molecular formula is C25H23N3O6S. The monoisotopic (exact) mass is 493 g/mol. The van der Waals surface area contributed by atoms with Crippen LogP contribution in [0.4, 0.5) is 9.93 Å². The van der Waals surface area contributed by atoms with E-state index >= 15 is 0 Å². The van der Waals surface area contributed by atoms with E-state index in [2.05, 4.69) is 22.4 Å². The SMILES string of the molecule is O=C(O)CC1COCCN1C(=O)c1csc(NC(=O)OCC2c3ccccc3-c3ccccc32)n1. The molecule has 5 rings (SSSR count). The van der Waals surface area contributed by atoms with Crippen LogP contribution in [0.2, 0.25) is 0 Å². The Bertz CT molecular complexity index is 1230. The highest BCUT2D eigenvalue weighted by Crippen LogP contribution is 2.44. The first-order valence-corrected chi connectivity index (χ1v) is 12.1. The molecule has 3 aromatic rings. The zero-order chi connectivity index (χ0) is 24.4. The van der Waals surface area contributed by atoms with Gasteiger partial charge in [0.25, 0.3) is 5.91 Å². The number of aliphatic carboxylic acids is 1. The number of carboxylic acid groups (broad SMARTS) is 1. The Labute approximate surface area is 205 Å². The van der Waals surface area contributed by atoms with Crippen molar-refractivity contribution in [3.8, 4) is 11.1 Å². The van der Waals surface area contributed by atoms with Gasteiger partial charge in [-0.3, -0.25) is 14.9 Å². The fraction of sp³-hybridized carbons (Fsp3) is 0.280. The Morgan fingerprint density at radius 2 is 1.80 bits per heavy atom. The number of carbonyl (C=O) groups is 3. The van der Waals surface area contributed by atoms with E-state index in [4.69, 9.17) is 14.6 Å². The van der Waals surface area contributed by atoms with Crippen LogP contribution in [-0.4, -0.2) is 65.4 Å². The molecule has 1 aliphatic carbocycles. The zero-order valence-corrected chi connectivity index (χ0v) is 19.5. The molecule has 2 N–H and O–H groups in total. The second-order valence-electron chi connectivity index (χ2n) is 8.31. The van der Waals surface area contributed by atoms with Gasteiger partial charge in [0.1, 0.15) is 12.3 Å². The third-order valence-electron chi connectivity index (χ3n) is 6.17. The van der Waals surface area contributed by atoms with Gasteiger partial charge in [0, 0.05) is 17.8 Å². The van der Waals surface area contributed by atoms with Gasteiger partial charge in [-0.1, -0.05) is 48.5 Å². The molecule has 10 heteroatoms. The van der Waals surface area contributed by atoms with Crippen molar-refractivity contribution in [2.45, 2.75) is 18.4 Å². The summed E-state index contributed by atoms with van der Waals surface area (Å²) in [4.78, 5) is 42.2. The second-order valence-corrected chi connectivity index (χ2v) is 9.17. The summed E-state index contributed by atoms with van der Waals surface area (Å²) in [6.07, 6.45) is -0.865. The van der Waals surface area contributed by atoms with Crippen LogP contribution in [0.3, 0.4) is 0 Å². The highest BCUT2D eigenvalue weighted by Gasteiger charge is 2.32. The Balaban J connectivity index is 1.22. The maximum Gasteiger partial charge on any atom is 0.413 e. The average Bonchev–Trinajstić information content (AvgIpc) is 3.45. The number of morpholine rings is 1. The van der Waals surface area contributed by atoms with Gasteiger partial charge in [0.05, 0.1) is 25.7 Å². The van der Waals surface area contributed by atoms with Gasteiger partial charge in [0.2, 0.25) is 0 Å². The third-order valence-corrected chi connectivity index (χ3v) is 6.93. The topological polar surface area (TPSA) is 118 Å². The molecule has 1 fully saturated rings. The van der Waals surface area contributed by atoms with E-state index in [-0.39, 0.29) is 42.9 Å². The Morgan fingerprint density at radius 1 is 1.11 bits per heavy atom. The second kappa shape index (κ2) is 9.85. The van der Waals surface area contributed by atoms with Gasteiger partial charge in [-0.15, -0.1) is 11.3 Å². The van der Waals surface area contributed by atoms with E-state index in [1.807, 2.05) is 36.4 Å². The molecule has 2 aliphatic rings. The Morgan fingerprint density at radius 3 is 2.49 bits per heavy atom. The van der Waals surface area contributed by atoms with E-state index in [1.165, 1.54) is 10.3 Å². The van der Waals surface area contributed by atoms with Crippen LogP contribution in [0.5, 0.6) is 0 Å². The van der Waals surface area contributed by atoms with E-state index in [0.29, 0.717) is 6.61 Å². The van der Waals surface area contributed by atoms with Crippen molar-refractivity contribution in [1.82, 2.24) is 9.88 Å². The molecule has 2 heterocycles. The molecule has 2 aromatic carbocycles. The van der Waals surface area contributed by atoms with Crippen LogP contribution < -0.4 is 5.32 Å². The molecule has 0 spiro atoms. The van der Waals surface area contributed by atoms with Crippen molar-refractivity contribution < 1.29 is 29.0 Å². The molecule has 1 aliphatic heterocycles. The average molecular weight is 494 g/mol. The molecular weight excluding hydrogens is 470 g/mol. The van der Waals surface area contributed by atoms with E-state index < -0.39 is 24.0 Å². The molecule has 2 amide bonds. The number of hydrogen-bond donors (Lipinski definition) is 2. The van der Waals surface area contributed by atoms with Gasteiger partial charge in [-0.25, -0.2) is 9.78 Å². The smallest absolute Gasteiger partial charge is 0.413 e. The van der Waals surface area contributed by atoms with Gasteiger partial charge in [0.15, 0.2) is 5.13 Å². The molecule has 1 unspecified atom stereocenters. The lowest BCUT2D eigenvalue weighted by molar-refractivity contribution is -0.139. The number of amides is 2. The van der Waals surface area contributed by atoms with Gasteiger partial charge in [-0.2, -0.15) is 0 Å². The number of anilines is 1. The summed E-state index contributed by atoms with van der Waals surface area (Å²) in [5.74, 6) is -1.46. The van der Waals surface area contributed by atoms with Crippen molar-refractivity contribution in [1.29, 1.82) is 0 Å². The van der Waals surface area contributed by atoms with Crippen molar-refractivity contribution in [2.24, 2.45) is 0 Å². The number of thiazole rings is 1. The van der Waals surface area contributed by atoms with Crippen molar-refractivity contribution in [3.05, 3.63) is 70.7 Å². The van der Waals surface area contributed by atoms with Crippen LogP contribution in [-0.2, 0) is 14.3 Å². The van der Waals surface area contributed by atoms with Crippen molar-refractivity contribution in [2.75, 3.05) is 31.7 Å². The number of carboxylic acids is 1. The first kappa shape index (κ1) is 23.0. The molecule has 9 nitrogen and oxygen atoms in total. The molecule has 0 radical (unpaired) electrons. The van der Waals surface area contributed by atoms with Crippen molar-refractivity contribution in [3.63, 3.8) is 0 Å². The van der Waals surface area contributed by atoms with Crippen LogP contribution in [0.25, 0.3) is 11.1 Å². The predicted molar refractivity (Wildman–Crippen MR) is 129 cm³/mol. The highest BCUT2D eigenvalue weighted by molar-refractivity contribution is 7.14. The summed E-state index contributed by atoms with van der Waals surface area (Å²) in [6.45, 7) is 0.939. The predicted octanol–water partition coefficient (Wildman–Crippen LogP) is 3.82. The molecule has 1 aromatic heterocycles. The maximum atomic E-state index is 12.9. The minimum atomic E-state index is -1.01. The largest absolute Gasteiger partial charge is 0.481 e. The quantitative estimate of drug-likeness (QED) is 0.536. The van der Waals surface area contributed by atoms with E-state index in [0.717, 1.165) is 33.6 Å². The van der Waals surface area contributed by atoms with Crippen LogP contribution >= 0.6 is 11.3 Å². The normalized spacial score (nSPS) is 16.9. The van der Waals surface area contributed by atoms with Gasteiger partial charge < -0.3 is 19.5 Å². The number of rotatable bonds is 6. The lowest BCUT2D eigenvalue weighted by Crippen LogP contribution is -2.49. The standard InChI is InChI=1S/C25H23N3O6S/c29-22(30)11-15-12-33-10-9-28(15)23(31)21-14-35-24(26-21)27-25(32)34-13-20-18-7-3-1-5-16(18)17-6-2-4-8-19(17)20/h1-8,14-15,20H,9-13H2,(H,29,30)(H,26,27,32). The number of benzene rings is 2. The van der Waals surface area contributed by atoms with Crippen LogP contribution in [0.1, 0.15) is 34.0 Å². The minimum absolute atomic E-state index is 0.0610. The third kappa shape index (κ3) is 4.75. The fourth-order valence-electron chi connectivity index (χ4n) is 4.59. The zero-order valence-electron chi connectivity index (χ0n) is 18.7. The summed E-state index contributed by atoms with van der Waals surface area (Å²) in [6, 6.07) is 15.6. The van der Waals surface area contributed by atoms with Gasteiger partial charge >= 0.3 is 12.1 Å². The minimum Gasteiger partial charge on any atom is -0.481 e. The summed E-state index contributed by atoms with van der Waals surface area (Å²) >= 11 is 1.10. The summed E-state index contributed by atoms with van der Waals surface area (Å²) < 4.78 is 10.9. The van der Waals surface area contributed by atoms with Crippen LogP contribution in [0.15, 0.2) is 53.9 Å². The molecule has 1 saturated heterocycles. The van der Waals surface area contributed by atoms with Crippen LogP contribution in [0, 0.1) is 0 Å². The maximum absolute atomic E-state index is 12.9. The van der Waals surface area contributed by atoms with E-state index in [9.17, 15) is 14.4 Å². The number of hydrogen-bond acceptors (Lipinski definition) is 7. The molecule has 1 atom stereocenters. The van der Waals surface area contributed by atoms with Gasteiger partial charge in [-0.05, 0) is 22.3 Å². The number of fused-ring (bicyclic) bond motifs is 3. The highest BCUT2D eigenvalue weighted by atomic mass is 32.1. The molecule has 0 bridgehead atoms. The summed E-state index contributed by atoms with van der Waals surface area (Å²) in [5.41, 5.74) is 4.66. The summed E-state index contributed by atoms with van der Waals surface area (Å²) in [7, 11) is 0. The number of aromatic nitrogens is 1. The fourth-order valence-corrected chi connectivity index (χ4v) is 5.26. The molecule has 35 heavy (non-hydrogen) atoms. The number of nitrogens with zero attached hydrogens (tertiary/aromatic N) is 2. The van der Waals surface area contributed by atoms with E-state index in [1.54, 1.807) is 0 Å². The molecule has 180 valence electrons.